The first-order chi connectivity index (χ1) is 7.75. The SMILES string of the molecule is Cc1ccc(N(C)CCC2CCCNC2)o1. The lowest BCUT2D eigenvalue weighted by molar-refractivity contribution is 0.358. The molecular formula is C13H22N2O. The standard InChI is InChI=1S/C13H22N2O/c1-11-5-6-13(16-11)15(2)9-7-12-4-3-8-14-10-12/h5-6,12,14H,3-4,7-10H2,1-2H3. The van der Waals surface area contributed by atoms with Crippen molar-refractivity contribution in [3.63, 3.8) is 0 Å². The molecular weight excluding hydrogens is 200 g/mol. The van der Waals surface area contributed by atoms with Crippen LogP contribution in [-0.2, 0) is 0 Å². The van der Waals surface area contributed by atoms with Crippen LogP contribution < -0.4 is 10.2 Å². The van der Waals surface area contributed by atoms with Gasteiger partial charge < -0.3 is 14.6 Å². The number of hydrogen-bond donors (Lipinski definition) is 1. The summed E-state index contributed by atoms with van der Waals surface area (Å²) in [5.74, 6) is 2.81. The smallest absolute Gasteiger partial charge is 0.195 e. The predicted molar refractivity (Wildman–Crippen MR) is 66.9 cm³/mol. The van der Waals surface area contributed by atoms with E-state index in [4.69, 9.17) is 4.42 Å². The molecule has 2 rings (SSSR count). The fourth-order valence-electron chi connectivity index (χ4n) is 2.28. The molecule has 1 aromatic heterocycles. The Morgan fingerprint density at radius 2 is 2.38 bits per heavy atom. The molecule has 0 radical (unpaired) electrons. The van der Waals surface area contributed by atoms with E-state index in [1.165, 1.54) is 32.4 Å². The Balaban J connectivity index is 1.76. The van der Waals surface area contributed by atoms with Crippen molar-refractivity contribution in [3.05, 3.63) is 17.9 Å². The first-order valence-electron chi connectivity index (χ1n) is 6.24. The fraction of sp³-hybridized carbons (Fsp3) is 0.692. The van der Waals surface area contributed by atoms with Gasteiger partial charge in [-0.3, -0.25) is 0 Å². The maximum absolute atomic E-state index is 5.60. The van der Waals surface area contributed by atoms with Gasteiger partial charge in [0, 0.05) is 19.7 Å². The topological polar surface area (TPSA) is 28.4 Å². The van der Waals surface area contributed by atoms with Crippen molar-refractivity contribution in [2.75, 3.05) is 31.6 Å². The van der Waals surface area contributed by atoms with Crippen LogP contribution in [0.1, 0.15) is 25.0 Å². The number of nitrogens with one attached hydrogen (secondary N) is 1. The van der Waals surface area contributed by atoms with Crippen molar-refractivity contribution < 1.29 is 4.42 Å². The first kappa shape index (κ1) is 11.5. The van der Waals surface area contributed by atoms with Crippen molar-refractivity contribution in [2.24, 2.45) is 5.92 Å². The maximum Gasteiger partial charge on any atom is 0.195 e. The van der Waals surface area contributed by atoms with Gasteiger partial charge in [-0.15, -0.1) is 0 Å². The van der Waals surface area contributed by atoms with Crippen LogP contribution in [0.5, 0.6) is 0 Å². The van der Waals surface area contributed by atoms with Gasteiger partial charge in [-0.25, -0.2) is 0 Å². The average Bonchev–Trinajstić information content (AvgIpc) is 2.74. The van der Waals surface area contributed by atoms with Crippen LogP contribution >= 0.6 is 0 Å². The van der Waals surface area contributed by atoms with Crippen LogP contribution in [0, 0.1) is 12.8 Å². The molecule has 2 heterocycles. The molecule has 1 aromatic rings. The van der Waals surface area contributed by atoms with E-state index in [2.05, 4.69) is 23.3 Å². The van der Waals surface area contributed by atoms with E-state index in [9.17, 15) is 0 Å². The van der Waals surface area contributed by atoms with E-state index in [1.54, 1.807) is 0 Å². The van der Waals surface area contributed by atoms with Gasteiger partial charge >= 0.3 is 0 Å². The minimum atomic E-state index is 0.840. The van der Waals surface area contributed by atoms with E-state index >= 15 is 0 Å². The van der Waals surface area contributed by atoms with Crippen LogP contribution in [0.25, 0.3) is 0 Å². The maximum atomic E-state index is 5.60. The molecule has 1 fully saturated rings. The molecule has 1 aliphatic heterocycles. The molecule has 0 amide bonds. The summed E-state index contributed by atoms with van der Waals surface area (Å²) in [5, 5.41) is 3.46. The molecule has 1 unspecified atom stereocenters. The van der Waals surface area contributed by atoms with Crippen LogP contribution in [0.3, 0.4) is 0 Å². The molecule has 1 N–H and O–H groups in total. The van der Waals surface area contributed by atoms with Crippen molar-refractivity contribution in [3.8, 4) is 0 Å². The second-order valence-corrected chi connectivity index (χ2v) is 4.81. The second-order valence-electron chi connectivity index (χ2n) is 4.81. The third-order valence-corrected chi connectivity index (χ3v) is 3.37. The molecule has 90 valence electrons. The summed E-state index contributed by atoms with van der Waals surface area (Å²) in [7, 11) is 2.11. The van der Waals surface area contributed by atoms with Crippen LogP contribution in [-0.4, -0.2) is 26.7 Å². The van der Waals surface area contributed by atoms with Crippen molar-refractivity contribution >= 4 is 5.88 Å². The largest absolute Gasteiger partial charge is 0.446 e. The first-order valence-corrected chi connectivity index (χ1v) is 6.24. The summed E-state index contributed by atoms with van der Waals surface area (Å²) in [4.78, 5) is 2.21. The molecule has 16 heavy (non-hydrogen) atoms. The molecule has 0 bridgehead atoms. The Morgan fingerprint density at radius 1 is 1.50 bits per heavy atom. The Hall–Kier alpha value is -0.960. The normalized spacial score (nSPS) is 21.0. The summed E-state index contributed by atoms with van der Waals surface area (Å²) in [6.45, 7) is 5.45. The van der Waals surface area contributed by atoms with Gasteiger partial charge in [-0.05, 0) is 51.3 Å². The molecule has 0 spiro atoms. The molecule has 0 aromatic carbocycles. The number of nitrogens with zero attached hydrogens (tertiary/aromatic N) is 1. The van der Waals surface area contributed by atoms with Gasteiger partial charge in [-0.2, -0.15) is 0 Å². The molecule has 1 aliphatic rings. The highest BCUT2D eigenvalue weighted by Gasteiger charge is 2.14. The zero-order valence-electron chi connectivity index (χ0n) is 10.3. The lowest BCUT2D eigenvalue weighted by Crippen LogP contribution is -2.32. The number of furan rings is 1. The Bertz CT molecular complexity index is 315. The second kappa shape index (κ2) is 5.39. The van der Waals surface area contributed by atoms with E-state index < -0.39 is 0 Å². The average molecular weight is 222 g/mol. The minimum absolute atomic E-state index is 0.840. The van der Waals surface area contributed by atoms with E-state index in [-0.39, 0.29) is 0 Å². The van der Waals surface area contributed by atoms with E-state index in [0.717, 1.165) is 24.1 Å². The quantitative estimate of drug-likeness (QED) is 0.848. The summed E-state index contributed by atoms with van der Waals surface area (Å²) in [6.07, 6.45) is 3.95. The van der Waals surface area contributed by atoms with Crippen molar-refractivity contribution in [2.45, 2.75) is 26.2 Å². The summed E-state index contributed by atoms with van der Waals surface area (Å²) in [6, 6.07) is 4.07. The Morgan fingerprint density at radius 3 is 3.00 bits per heavy atom. The predicted octanol–water partition coefficient (Wildman–Crippen LogP) is 2.41. The van der Waals surface area contributed by atoms with E-state index in [0.29, 0.717) is 0 Å². The lowest BCUT2D eigenvalue weighted by Gasteiger charge is -2.25. The Kier molecular flexibility index (Phi) is 3.88. The van der Waals surface area contributed by atoms with Gasteiger partial charge in [0.25, 0.3) is 0 Å². The van der Waals surface area contributed by atoms with Crippen LogP contribution in [0.15, 0.2) is 16.5 Å². The molecule has 3 nitrogen and oxygen atoms in total. The highest BCUT2D eigenvalue weighted by Crippen LogP contribution is 2.19. The number of aryl methyl sites for hydroxylation is 1. The summed E-state index contributed by atoms with van der Waals surface area (Å²) >= 11 is 0. The highest BCUT2D eigenvalue weighted by molar-refractivity contribution is 5.34. The molecule has 3 heteroatoms. The molecule has 0 aliphatic carbocycles. The molecule has 1 atom stereocenters. The van der Waals surface area contributed by atoms with Crippen molar-refractivity contribution in [1.29, 1.82) is 0 Å². The highest BCUT2D eigenvalue weighted by atomic mass is 16.4. The lowest BCUT2D eigenvalue weighted by atomic mass is 9.96. The zero-order chi connectivity index (χ0) is 11.4. The van der Waals surface area contributed by atoms with Gasteiger partial charge in [0.05, 0.1) is 0 Å². The van der Waals surface area contributed by atoms with Crippen molar-refractivity contribution in [1.82, 2.24) is 5.32 Å². The Labute approximate surface area is 97.8 Å². The van der Waals surface area contributed by atoms with E-state index in [1.807, 2.05) is 13.0 Å². The summed E-state index contributed by atoms with van der Waals surface area (Å²) in [5.41, 5.74) is 0. The van der Waals surface area contributed by atoms with Crippen LogP contribution in [0.2, 0.25) is 0 Å². The van der Waals surface area contributed by atoms with Gasteiger partial charge in [0.1, 0.15) is 5.76 Å². The minimum Gasteiger partial charge on any atom is -0.446 e. The third kappa shape index (κ3) is 3.01. The zero-order valence-corrected chi connectivity index (χ0v) is 10.3. The van der Waals surface area contributed by atoms with Crippen LogP contribution in [0.4, 0.5) is 5.88 Å². The number of anilines is 1. The number of rotatable bonds is 4. The fourth-order valence-corrected chi connectivity index (χ4v) is 2.28. The third-order valence-electron chi connectivity index (χ3n) is 3.37. The monoisotopic (exact) mass is 222 g/mol. The van der Waals surface area contributed by atoms with Gasteiger partial charge in [-0.1, -0.05) is 0 Å². The molecule has 0 saturated carbocycles. The van der Waals surface area contributed by atoms with Gasteiger partial charge in [0.15, 0.2) is 5.88 Å². The number of hydrogen-bond acceptors (Lipinski definition) is 3. The number of piperidine rings is 1. The summed E-state index contributed by atoms with van der Waals surface area (Å²) < 4.78 is 5.60. The molecule has 1 saturated heterocycles. The van der Waals surface area contributed by atoms with Gasteiger partial charge in [0.2, 0.25) is 0 Å².